The summed E-state index contributed by atoms with van der Waals surface area (Å²) in [4.78, 5) is 0. The number of benzene rings is 4. The maximum absolute atomic E-state index is 9.59. The van der Waals surface area contributed by atoms with Crippen LogP contribution in [-0.4, -0.2) is 0 Å². The zero-order chi connectivity index (χ0) is 21.8. The fraction of sp³-hybridized carbons (Fsp3) is 0.0741. The third kappa shape index (κ3) is 4.75. The molecule has 0 unspecified atom stereocenters. The fourth-order valence-electron chi connectivity index (χ4n) is 3.45. The first-order chi connectivity index (χ1) is 15.0. The minimum Gasteiger partial charge on any atom is -0.486 e. The molecule has 2 nitrogen and oxygen atoms in total. The van der Waals surface area contributed by atoms with E-state index in [2.05, 4.69) is 24.3 Å². The number of halogens is 2. The summed E-state index contributed by atoms with van der Waals surface area (Å²) in [7, 11) is 0. The van der Waals surface area contributed by atoms with Crippen LogP contribution in [0.4, 0.5) is 0 Å². The Hall–Kier alpha value is -3.25. The van der Waals surface area contributed by atoms with Crippen molar-refractivity contribution < 1.29 is 4.74 Å². The lowest BCUT2D eigenvalue weighted by Gasteiger charge is -2.13. The maximum atomic E-state index is 9.59. The van der Waals surface area contributed by atoms with E-state index < -0.39 is 0 Å². The number of ether oxygens (including phenoxy) is 1. The van der Waals surface area contributed by atoms with Gasteiger partial charge in [-0.1, -0.05) is 95.5 Å². The fourth-order valence-corrected chi connectivity index (χ4v) is 4.06. The minimum atomic E-state index is 0.350. The summed E-state index contributed by atoms with van der Waals surface area (Å²) in [6.45, 7) is 2.36. The summed E-state index contributed by atoms with van der Waals surface area (Å²) >= 11 is 13.0. The van der Waals surface area contributed by atoms with Gasteiger partial charge in [0.25, 0.3) is 0 Å². The van der Waals surface area contributed by atoms with Gasteiger partial charge >= 0.3 is 0 Å². The number of rotatable bonds is 5. The second kappa shape index (κ2) is 9.27. The predicted octanol–water partition coefficient (Wildman–Crippen LogP) is 8.10. The smallest absolute Gasteiger partial charge is 0.157 e. The monoisotopic (exact) mass is 443 g/mol. The van der Waals surface area contributed by atoms with E-state index in [9.17, 15) is 5.26 Å². The molecule has 0 aliphatic heterocycles. The summed E-state index contributed by atoms with van der Waals surface area (Å²) in [5.74, 6) is 0.433. The van der Waals surface area contributed by atoms with E-state index in [1.165, 1.54) is 0 Å². The Morgan fingerprint density at radius 2 is 1.61 bits per heavy atom. The number of allylic oxidation sites excluding steroid dienone is 1. The predicted molar refractivity (Wildman–Crippen MR) is 129 cm³/mol. The van der Waals surface area contributed by atoms with Crippen molar-refractivity contribution in [2.75, 3.05) is 0 Å². The molecule has 0 saturated heterocycles. The summed E-state index contributed by atoms with van der Waals surface area (Å²) in [6, 6.07) is 27.8. The van der Waals surface area contributed by atoms with Gasteiger partial charge in [-0.05, 0) is 52.6 Å². The van der Waals surface area contributed by atoms with Crippen molar-refractivity contribution in [1.82, 2.24) is 0 Å². The summed E-state index contributed by atoms with van der Waals surface area (Å²) < 4.78 is 6.00. The molecule has 0 aromatic heterocycles. The van der Waals surface area contributed by atoms with Gasteiger partial charge in [0.15, 0.2) is 5.75 Å². The quantitative estimate of drug-likeness (QED) is 0.230. The number of nitriles is 1. The van der Waals surface area contributed by atoms with Gasteiger partial charge in [0.1, 0.15) is 6.61 Å². The highest BCUT2D eigenvalue weighted by Crippen LogP contribution is 2.36. The van der Waals surface area contributed by atoms with Crippen molar-refractivity contribution in [3.8, 4) is 11.8 Å². The van der Waals surface area contributed by atoms with Gasteiger partial charge in [0, 0.05) is 0 Å². The van der Waals surface area contributed by atoms with Crippen LogP contribution in [0, 0.1) is 18.3 Å². The average molecular weight is 444 g/mol. The largest absolute Gasteiger partial charge is 0.486 e. The second-order valence-corrected chi connectivity index (χ2v) is 8.09. The van der Waals surface area contributed by atoms with Gasteiger partial charge in [-0.15, -0.1) is 0 Å². The number of nitrogens with zero attached hydrogens (tertiary/aromatic N) is 1. The number of aryl methyl sites for hydroxylation is 1. The highest BCUT2D eigenvalue weighted by molar-refractivity contribution is 6.37. The van der Waals surface area contributed by atoms with Crippen LogP contribution in [-0.2, 0) is 6.61 Å². The van der Waals surface area contributed by atoms with Gasteiger partial charge in [0.05, 0.1) is 21.7 Å². The topological polar surface area (TPSA) is 33.0 Å². The normalized spacial score (nSPS) is 11.4. The third-order valence-electron chi connectivity index (χ3n) is 5.07. The highest BCUT2D eigenvalue weighted by atomic mass is 35.5. The van der Waals surface area contributed by atoms with Crippen molar-refractivity contribution >= 4 is 45.6 Å². The van der Waals surface area contributed by atoms with E-state index in [4.69, 9.17) is 27.9 Å². The van der Waals surface area contributed by atoms with E-state index in [0.29, 0.717) is 28.0 Å². The molecule has 0 radical (unpaired) electrons. The SMILES string of the molecule is Cc1ccc(/C(C#N)=C/c2cc(Cl)c(OCc3cccc4ccccc34)c(Cl)c2)cc1. The van der Waals surface area contributed by atoms with E-state index in [-0.39, 0.29) is 0 Å². The Labute approximate surface area is 191 Å². The van der Waals surface area contributed by atoms with Crippen molar-refractivity contribution in [3.05, 3.63) is 111 Å². The molecule has 4 aromatic rings. The first-order valence-electron chi connectivity index (χ1n) is 9.82. The van der Waals surface area contributed by atoms with Gasteiger partial charge in [-0.25, -0.2) is 0 Å². The molecule has 4 rings (SSSR count). The van der Waals surface area contributed by atoms with Crippen molar-refractivity contribution in [2.45, 2.75) is 13.5 Å². The van der Waals surface area contributed by atoms with Crippen LogP contribution >= 0.6 is 23.2 Å². The average Bonchev–Trinajstić information content (AvgIpc) is 2.77. The molecule has 4 aromatic carbocycles. The van der Waals surface area contributed by atoms with Gasteiger partial charge in [0.2, 0.25) is 0 Å². The Bertz CT molecular complexity index is 1290. The molecule has 0 N–H and O–H groups in total. The number of hydrogen-bond donors (Lipinski definition) is 0. The summed E-state index contributed by atoms with van der Waals surface area (Å²) in [5.41, 5.74) is 4.32. The zero-order valence-corrected chi connectivity index (χ0v) is 18.4. The molecular formula is C27H19Cl2NO. The van der Waals surface area contributed by atoms with E-state index in [1.807, 2.05) is 55.5 Å². The molecule has 0 aliphatic carbocycles. The molecule has 152 valence electrons. The van der Waals surface area contributed by atoms with Gasteiger partial charge in [-0.2, -0.15) is 5.26 Å². The lowest BCUT2D eigenvalue weighted by molar-refractivity contribution is 0.308. The lowest BCUT2D eigenvalue weighted by Crippen LogP contribution is -1.98. The van der Waals surface area contributed by atoms with Crippen LogP contribution < -0.4 is 4.74 Å². The Kier molecular flexibility index (Phi) is 6.28. The number of hydrogen-bond acceptors (Lipinski definition) is 2. The summed E-state index contributed by atoms with van der Waals surface area (Å²) in [5, 5.41) is 12.7. The van der Waals surface area contributed by atoms with Crippen molar-refractivity contribution in [1.29, 1.82) is 5.26 Å². The molecule has 0 atom stereocenters. The minimum absolute atomic E-state index is 0.350. The lowest BCUT2D eigenvalue weighted by atomic mass is 10.0. The zero-order valence-electron chi connectivity index (χ0n) is 16.9. The maximum Gasteiger partial charge on any atom is 0.157 e. The first kappa shape index (κ1) is 21.0. The third-order valence-corrected chi connectivity index (χ3v) is 5.63. The van der Waals surface area contributed by atoms with Crippen LogP contribution in [0.15, 0.2) is 78.9 Å². The second-order valence-electron chi connectivity index (χ2n) is 7.28. The van der Waals surface area contributed by atoms with E-state index in [1.54, 1.807) is 18.2 Å². The Morgan fingerprint density at radius 3 is 2.32 bits per heavy atom. The van der Waals surface area contributed by atoms with Crippen LogP contribution in [0.3, 0.4) is 0 Å². The highest BCUT2D eigenvalue weighted by Gasteiger charge is 2.11. The molecule has 0 amide bonds. The van der Waals surface area contributed by atoms with Gasteiger partial charge < -0.3 is 4.74 Å². The molecule has 0 bridgehead atoms. The molecule has 0 saturated carbocycles. The van der Waals surface area contributed by atoms with Crippen LogP contribution in [0.2, 0.25) is 10.0 Å². The standard InChI is InChI=1S/C27H19Cl2NO/c1-18-9-11-20(12-10-18)23(16-30)13-19-14-25(28)27(26(29)15-19)31-17-22-7-4-6-21-5-2-3-8-24(21)22/h2-15H,17H2,1H3/b23-13+. The van der Waals surface area contributed by atoms with Crippen molar-refractivity contribution in [2.24, 2.45) is 0 Å². The molecule has 0 heterocycles. The van der Waals surface area contributed by atoms with Crippen LogP contribution in [0.25, 0.3) is 22.4 Å². The Morgan fingerprint density at radius 1 is 0.935 bits per heavy atom. The Balaban J connectivity index is 1.60. The van der Waals surface area contributed by atoms with Crippen molar-refractivity contribution in [3.63, 3.8) is 0 Å². The first-order valence-corrected chi connectivity index (χ1v) is 10.6. The molecular weight excluding hydrogens is 425 g/mol. The molecule has 0 spiro atoms. The van der Waals surface area contributed by atoms with Crippen LogP contribution in [0.5, 0.6) is 5.75 Å². The summed E-state index contributed by atoms with van der Waals surface area (Å²) in [6.07, 6.45) is 1.77. The molecule has 31 heavy (non-hydrogen) atoms. The van der Waals surface area contributed by atoms with E-state index in [0.717, 1.165) is 33.0 Å². The molecule has 0 aliphatic rings. The van der Waals surface area contributed by atoms with Gasteiger partial charge in [-0.3, -0.25) is 0 Å². The number of fused-ring (bicyclic) bond motifs is 1. The van der Waals surface area contributed by atoms with Crippen LogP contribution in [0.1, 0.15) is 22.3 Å². The molecule has 4 heteroatoms. The molecule has 0 fully saturated rings. The van der Waals surface area contributed by atoms with E-state index >= 15 is 0 Å².